The maximum absolute atomic E-state index is 13.5. The van der Waals surface area contributed by atoms with Crippen molar-refractivity contribution in [1.29, 1.82) is 0 Å². The number of nitrogens with one attached hydrogen (secondary N) is 1. The van der Waals surface area contributed by atoms with Crippen LogP contribution in [0.25, 0.3) is 17.0 Å². The van der Waals surface area contributed by atoms with Gasteiger partial charge in [-0.3, -0.25) is 14.5 Å². The van der Waals surface area contributed by atoms with Crippen LogP contribution >= 0.6 is 0 Å². The van der Waals surface area contributed by atoms with Crippen LogP contribution in [0.5, 0.6) is 0 Å². The predicted octanol–water partition coefficient (Wildman–Crippen LogP) is 1.89. The van der Waals surface area contributed by atoms with Crippen LogP contribution in [-0.2, 0) is 0 Å². The maximum Gasteiger partial charge on any atom is 0.338 e. The minimum atomic E-state index is -1.16. The molecule has 0 amide bonds. The van der Waals surface area contributed by atoms with Crippen LogP contribution in [0, 0.1) is 11.6 Å². The summed E-state index contributed by atoms with van der Waals surface area (Å²) in [5.74, 6) is -3.08. The summed E-state index contributed by atoms with van der Waals surface area (Å²) in [6, 6.07) is 3.02. The van der Waals surface area contributed by atoms with Crippen LogP contribution in [0.1, 0.15) is 28.9 Å². The zero-order valence-corrected chi connectivity index (χ0v) is 14.3. The Labute approximate surface area is 154 Å². The van der Waals surface area contributed by atoms with E-state index in [0.29, 0.717) is 5.56 Å². The number of aromatic amines is 1. The molecule has 1 aromatic carbocycles. The van der Waals surface area contributed by atoms with E-state index in [-0.39, 0.29) is 22.5 Å². The van der Waals surface area contributed by atoms with Crippen molar-refractivity contribution < 1.29 is 18.7 Å². The molecule has 0 aliphatic rings. The highest BCUT2D eigenvalue weighted by molar-refractivity contribution is 5.87. The zero-order valence-electron chi connectivity index (χ0n) is 14.3. The Morgan fingerprint density at radius 1 is 1.25 bits per heavy atom. The lowest BCUT2D eigenvalue weighted by atomic mass is 10.1. The zero-order chi connectivity index (χ0) is 20.0. The number of rotatable bonds is 4. The van der Waals surface area contributed by atoms with Gasteiger partial charge in [-0.25, -0.2) is 23.2 Å². The van der Waals surface area contributed by atoms with Gasteiger partial charge in [0.05, 0.1) is 24.0 Å². The van der Waals surface area contributed by atoms with Crippen LogP contribution in [0.2, 0.25) is 0 Å². The first kappa shape index (κ1) is 17.5. The second kappa shape index (κ2) is 6.37. The van der Waals surface area contributed by atoms with Gasteiger partial charge in [0.2, 0.25) is 5.95 Å². The molecule has 3 heterocycles. The van der Waals surface area contributed by atoms with E-state index >= 15 is 0 Å². The van der Waals surface area contributed by atoms with E-state index in [1.54, 1.807) is 6.92 Å². The topological polar surface area (TPSA) is 119 Å². The Hall–Kier alpha value is -3.89. The second-order valence-electron chi connectivity index (χ2n) is 6.06. The minimum Gasteiger partial charge on any atom is -0.478 e. The van der Waals surface area contributed by atoms with Crippen molar-refractivity contribution in [3.05, 3.63) is 69.9 Å². The van der Waals surface area contributed by atoms with Gasteiger partial charge in [-0.2, -0.15) is 10.2 Å². The Bertz CT molecular complexity index is 1280. The fourth-order valence-electron chi connectivity index (χ4n) is 2.71. The Morgan fingerprint density at radius 3 is 2.71 bits per heavy atom. The molecule has 11 heteroatoms. The van der Waals surface area contributed by atoms with Gasteiger partial charge in [-0.1, -0.05) is 6.07 Å². The number of halogens is 2. The summed E-state index contributed by atoms with van der Waals surface area (Å²) in [6.07, 6.45) is 3.82. The molecule has 0 aliphatic heterocycles. The van der Waals surface area contributed by atoms with Crippen LogP contribution in [0.3, 0.4) is 0 Å². The van der Waals surface area contributed by atoms with Gasteiger partial charge < -0.3 is 5.11 Å². The highest BCUT2D eigenvalue weighted by Gasteiger charge is 2.16. The number of hydrogen-bond acceptors (Lipinski definition) is 5. The smallest absolute Gasteiger partial charge is 0.338 e. The average Bonchev–Trinajstić information content (AvgIpc) is 3.30. The SMILES string of the molecule is C[C@@H](c1ccc(F)c(F)c1)n1cc2nc(-n3cc(C(=O)O)cn3)[nH]c(=O)c2n1. The van der Waals surface area contributed by atoms with Crippen molar-refractivity contribution in [2.75, 3.05) is 0 Å². The second-order valence-corrected chi connectivity index (χ2v) is 6.06. The van der Waals surface area contributed by atoms with E-state index < -0.39 is 29.2 Å². The van der Waals surface area contributed by atoms with Gasteiger partial charge in [0.1, 0.15) is 5.52 Å². The molecule has 0 saturated heterocycles. The van der Waals surface area contributed by atoms with Gasteiger partial charge in [-0.05, 0) is 24.6 Å². The lowest BCUT2D eigenvalue weighted by Gasteiger charge is -2.12. The van der Waals surface area contributed by atoms with Crippen molar-refractivity contribution >= 4 is 17.0 Å². The van der Waals surface area contributed by atoms with Crippen LogP contribution in [-0.4, -0.2) is 40.6 Å². The molecule has 0 aliphatic carbocycles. The minimum absolute atomic E-state index is 0.0185. The Balaban J connectivity index is 1.76. The molecule has 142 valence electrons. The van der Waals surface area contributed by atoms with Crippen LogP contribution < -0.4 is 5.56 Å². The lowest BCUT2D eigenvalue weighted by molar-refractivity contribution is 0.0697. The monoisotopic (exact) mass is 386 g/mol. The fourth-order valence-corrected chi connectivity index (χ4v) is 2.71. The number of hydrogen-bond donors (Lipinski definition) is 2. The van der Waals surface area contributed by atoms with Gasteiger partial charge in [0.25, 0.3) is 5.56 Å². The third-order valence-corrected chi connectivity index (χ3v) is 4.25. The van der Waals surface area contributed by atoms with Crippen molar-refractivity contribution in [2.24, 2.45) is 0 Å². The average molecular weight is 386 g/mol. The summed E-state index contributed by atoms with van der Waals surface area (Å²) in [5, 5.41) is 17.0. The van der Waals surface area contributed by atoms with Crippen molar-refractivity contribution in [1.82, 2.24) is 29.5 Å². The van der Waals surface area contributed by atoms with Crippen molar-refractivity contribution in [2.45, 2.75) is 13.0 Å². The number of fused-ring (bicyclic) bond motifs is 1. The molecule has 9 nitrogen and oxygen atoms in total. The van der Waals surface area contributed by atoms with Gasteiger partial charge in [0.15, 0.2) is 17.2 Å². The lowest BCUT2D eigenvalue weighted by Crippen LogP contribution is -2.14. The summed E-state index contributed by atoms with van der Waals surface area (Å²) in [5.41, 5.74) is 0.125. The molecule has 0 unspecified atom stereocenters. The largest absolute Gasteiger partial charge is 0.478 e. The van der Waals surface area contributed by atoms with Crippen LogP contribution in [0.4, 0.5) is 8.78 Å². The van der Waals surface area contributed by atoms with Gasteiger partial charge in [-0.15, -0.1) is 0 Å². The number of aromatic carboxylic acids is 1. The normalized spacial score (nSPS) is 12.4. The molecular formula is C17H12F2N6O3. The molecule has 4 aromatic rings. The van der Waals surface area contributed by atoms with Gasteiger partial charge in [0, 0.05) is 6.20 Å². The molecule has 0 spiro atoms. The predicted molar refractivity (Wildman–Crippen MR) is 92.4 cm³/mol. The van der Waals surface area contributed by atoms with E-state index in [1.807, 2.05) is 0 Å². The molecule has 0 radical (unpaired) electrons. The summed E-state index contributed by atoms with van der Waals surface area (Å²) in [6.45, 7) is 1.71. The molecule has 28 heavy (non-hydrogen) atoms. The third-order valence-electron chi connectivity index (χ3n) is 4.25. The number of H-pyrrole nitrogens is 1. The van der Waals surface area contributed by atoms with E-state index in [2.05, 4.69) is 20.2 Å². The molecule has 3 aromatic heterocycles. The van der Waals surface area contributed by atoms with E-state index in [9.17, 15) is 18.4 Å². The number of carbonyl (C=O) groups is 1. The summed E-state index contributed by atoms with van der Waals surface area (Å²) in [4.78, 5) is 30.0. The molecule has 4 rings (SSSR count). The molecule has 2 N–H and O–H groups in total. The molecule has 0 bridgehead atoms. The molecular weight excluding hydrogens is 374 g/mol. The van der Waals surface area contributed by atoms with Crippen molar-refractivity contribution in [3.63, 3.8) is 0 Å². The highest BCUT2D eigenvalue weighted by atomic mass is 19.2. The Kier molecular flexibility index (Phi) is 3.99. The third kappa shape index (κ3) is 2.92. The first-order chi connectivity index (χ1) is 13.3. The number of aromatic nitrogens is 6. The summed E-state index contributed by atoms with van der Waals surface area (Å²) < 4.78 is 29.2. The van der Waals surface area contributed by atoms with E-state index in [4.69, 9.17) is 5.11 Å². The number of benzene rings is 1. The summed E-state index contributed by atoms with van der Waals surface area (Å²) >= 11 is 0. The van der Waals surface area contributed by atoms with Gasteiger partial charge >= 0.3 is 5.97 Å². The van der Waals surface area contributed by atoms with Crippen molar-refractivity contribution in [3.8, 4) is 5.95 Å². The number of carboxylic acid groups (broad SMARTS) is 1. The number of nitrogens with zero attached hydrogens (tertiary/aromatic N) is 5. The molecule has 1 atom stereocenters. The maximum atomic E-state index is 13.5. The molecule has 0 fully saturated rings. The van der Waals surface area contributed by atoms with Crippen LogP contribution in [0.15, 0.2) is 41.6 Å². The quantitative estimate of drug-likeness (QED) is 0.553. The number of carboxylic acids is 1. The fraction of sp³-hybridized carbons (Fsp3) is 0.118. The first-order valence-corrected chi connectivity index (χ1v) is 8.06. The van der Waals surface area contributed by atoms with E-state index in [0.717, 1.165) is 23.0 Å². The van der Waals surface area contributed by atoms with E-state index in [1.165, 1.54) is 23.1 Å². The first-order valence-electron chi connectivity index (χ1n) is 8.06. The highest BCUT2D eigenvalue weighted by Crippen LogP contribution is 2.21. The molecule has 0 saturated carbocycles. The standard InChI is InChI=1S/C17H12F2N6O3/c1-8(9-2-3-11(18)12(19)4-9)24-7-13-14(23-24)15(26)22-17(21-13)25-6-10(5-20-25)16(27)28/h2-8H,1H3,(H,27,28)(H,21,22,26)/t8-/m0/s1. The Morgan fingerprint density at radius 2 is 2.04 bits per heavy atom. The summed E-state index contributed by atoms with van der Waals surface area (Å²) in [7, 11) is 0.